The number of unbranched alkanes of at least 4 members (excludes halogenated alkanes) is 2. The highest BCUT2D eigenvalue weighted by Crippen LogP contribution is 2.25. The first kappa shape index (κ1) is 11.4. The Hall–Kier alpha value is -0.670. The first-order valence-corrected chi connectivity index (χ1v) is 5.13. The zero-order valence-electron chi connectivity index (χ0n) is 8.91. The van der Waals surface area contributed by atoms with Gasteiger partial charge in [0.25, 0.3) is 0 Å². The quantitative estimate of drug-likeness (QED) is 0.484. The van der Waals surface area contributed by atoms with E-state index in [1.54, 1.807) is 13.2 Å². The van der Waals surface area contributed by atoms with Crippen LogP contribution < -0.4 is 0 Å². The van der Waals surface area contributed by atoms with E-state index in [0.29, 0.717) is 13.0 Å². The summed E-state index contributed by atoms with van der Waals surface area (Å²) in [5.74, 6) is -0.701. The summed E-state index contributed by atoms with van der Waals surface area (Å²) < 4.78 is 10.8. The second kappa shape index (κ2) is 5.27. The van der Waals surface area contributed by atoms with Crippen LogP contribution >= 0.6 is 0 Å². The van der Waals surface area contributed by atoms with E-state index in [-0.39, 0.29) is 5.78 Å². The molecule has 14 heavy (non-hydrogen) atoms. The average Bonchev–Trinajstić information content (AvgIpc) is 2.56. The second-order valence-corrected chi connectivity index (χ2v) is 3.55. The summed E-state index contributed by atoms with van der Waals surface area (Å²) >= 11 is 0. The van der Waals surface area contributed by atoms with Crippen molar-refractivity contribution in [2.75, 3.05) is 13.7 Å². The molecule has 0 aromatic heterocycles. The van der Waals surface area contributed by atoms with Crippen LogP contribution in [0.15, 0.2) is 12.2 Å². The van der Waals surface area contributed by atoms with Crippen LogP contribution in [-0.4, -0.2) is 25.3 Å². The van der Waals surface area contributed by atoms with E-state index in [9.17, 15) is 4.79 Å². The maximum Gasteiger partial charge on any atom is 0.195 e. The van der Waals surface area contributed by atoms with Gasteiger partial charge in [-0.1, -0.05) is 19.8 Å². The largest absolute Gasteiger partial charge is 0.349 e. The molecule has 0 radical (unpaired) electrons. The van der Waals surface area contributed by atoms with Gasteiger partial charge in [0.15, 0.2) is 11.6 Å². The van der Waals surface area contributed by atoms with Crippen LogP contribution in [0.2, 0.25) is 0 Å². The molecule has 0 N–H and O–H groups in total. The van der Waals surface area contributed by atoms with Crippen molar-refractivity contribution >= 4 is 5.78 Å². The Morgan fingerprint density at radius 3 is 2.79 bits per heavy atom. The Balaban J connectivity index is 2.32. The molecule has 3 nitrogen and oxygen atoms in total. The van der Waals surface area contributed by atoms with Gasteiger partial charge in [-0.05, 0) is 18.6 Å². The monoisotopic (exact) mass is 198 g/mol. The first-order valence-electron chi connectivity index (χ1n) is 5.13. The van der Waals surface area contributed by atoms with Crippen LogP contribution in [0.3, 0.4) is 0 Å². The third-order valence-corrected chi connectivity index (χ3v) is 2.38. The van der Waals surface area contributed by atoms with Crippen LogP contribution in [-0.2, 0) is 14.3 Å². The minimum Gasteiger partial charge on any atom is -0.349 e. The summed E-state index contributed by atoms with van der Waals surface area (Å²) in [7, 11) is 1.57. The number of carbonyl (C=O) groups excluding carboxylic acids is 1. The predicted octanol–water partition coefficient (Wildman–Crippen LogP) is 2.06. The van der Waals surface area contributed by atoms with Crippen LogP contribution in [0.5, 0.6) is 0 Å². The molecule has 0 saturated heterocycles. The van der Waals surface area contributed by atoms with Crippen molar-refractivity contribution in [3.63, 3.8) is 0 Å². The maximum absolute atomic E-state index is 11.1. The second-order valence-electron chi connectivity index (χ2n) is 3.55. The molecule has 0 aromatic rings. The number of hydrogen-bond donors (Lipinski definition) is 0. The zero-order valence-corrected chi connectivity index (χ0v) is 8.91. The molecule has 0 saturated carbocycles. The van der Waals surface area contributed by atoms with Gasteiger partial charge in [-0.15, -0.1) is 0 Å². The van der Waals surface area contributed by atoms with Gasteiger partial charge < -0.3 is 9.47 Å². The van der Waals surface area contributed by atoms with Gasteiger partial charge in [-0.2, -0.15) is 0 Å². The average molecular weight is 198 g/mol. The minimum atomic E-state index is -0.773. The van der Waals surface area contributed by atoms with Crippen molar-refractivity contribution < 1.29 is 14.3 Å². The molecule has 1 aliphatic rings. The Morgan fingerprint density at radius 2 is 2.29 bits per heavy atom. The predicted molar refractivity (Wildman–Crippen MR) is 54.0 cm³/mol. The van der Waals surface area contributed by atoms with Gasteiger partial charge in [0.1, 0.15) is 0 Å². The van der Waals surface area contributed by atoms with E-state index < -0.39 is 5.79 Å². The Labute approximate surface area is 85.1 Å². The summed E-state index contributed by atoms with van der Waals surface area (Å²) in [6.07, 6.45) is 6.89. The van der Waals surface area contributed by atoms with Crippen molar-refractivity contribution in [3.8, 4) is 0 Å². The number of rotatable bonds is 6. The lowest BCUT2D eigenvalue weighted by atomic mass is 10.2. The lowest BCUT2D eigenvalue weighted by molar-refractivity contribution is -0.188. The van der Waals surface area contributed by atoms with E-state index in [2.05, 4.69) is 6.92 Å². The van der Waals surface area contributed by atoms with E-state index in [1.807, 2.05) is 0 Å². The summed E-state index contributed by atoms with van der Waals surface area (Å²) in [5.41, 5.74) is 0. The molecule has 0 amide bonds. The van der Waals surface area contributed by atoms with E-state index in [0.717, 1.165) is 19.3 Å². The van der Waals surface area contributed by atoms with Gasteiger partial charge in [0, 0.05) is 7.11 Å². The summed E-state index contributed by atoms with van der Waals surface area (Å²) in [5, 5.41) is 0. The lowest BCUT2D eigenvalue weighted by Crippen LogP contribution is -2.31. The Kier molecular flexibility index (Phi) is 4.29. The van der Waals surface area contributed by atoms with E-state index >= 15 is 0 Å². The highest BCUT2D eigenvalue weighted by Gasteiger charge is 2.34. The van der Waals surface area contributed by atoms with Gasteiger partial charge in [-0.3, -0.25) is 4.79 Å². The highest BCUT2D eigenvalue weighted by molar-refractivity contribution is 5.93. The minimum absolute atomic E-state index is 0.0716. The van der Waals surface area contributed by atoms with E-state index in [1.165, 1.54) is 6.08 Å². The number of allylic oxidation sites excluding steroid dienone is 1. The molecule has 3 heteroatoms. The SMILES string of the molecule is CCCCCOC1(OC)C=CC(=O)C1. The van der Waals surface area contributed by atoms with Crippen molar-refractivity contribution in [2.45, 2.75) is 38.4 Å². The molecule has 1 aliphatic carbocycles. The third kappa shape index (κ3) is 2.93. The molecule has 0 aromatic carbocycles. The molecule has 1 rings (SSSR count). The number of carbonyl (C=O) groups is 1. The van der Waals surface area contributed by atoms with Crippen LogP contribution in [0.25, 0.3) is 0 Å². The fourth-order valence-electron chi connectivity index (χ4n) is 1.48. The molecule has 0 fully saturated rings. The van der Waals surface area contributed by atoms with Gasteiger partial charge in [-0.25, -0.2) is 0 Å². The third-order valence-electron chi connectivity index (χ3n) is 2.38. The summed E-state index contributed by atoms with van der Waals surface area (Å²) in [6, 6.07) is 0. The Bertz CT molecular complexity index is 223. The normalized spacial score (nSPS) is 26.0. The van der Waals surface area contributed by atoms with Crippen LogP contribution in [0.1, 0.15) is 32.6 Å². The van der Waals surface area contributed by atoms with Crippen molar-refractivity contribution in [1.29, 1.82) is 0 Å². The zero-order chi connectivity index (χ0) is 10.4. The molecule has 0 bridgehead atoms. The molecule has 0 aliphatic heterocycles. The highest BCUT2D eigenvalue weighted by atomic mass is 16.7. The fraction of sp³-hybridized carbons (Fsp3) is 0.727. The van der Waals surface area contributed by atoms with Crippen LogP contribution in [0.4, 0.5) is 0 Å². The van der Waals surface area contributed by atoms with Crippen molar-refractivity contribution in [3.05, 3.63) is 12.2 Å². The van der Waals surface area contributed by atoms with E-state index in [4.69, 9.17) is 9.47 Å². The fourth-order valence-corrected chi connectivity index (χ4v) is 1.48. The van der Waals surface area contributed by atoms with Crippen LogP contribution in [0, 0.1) is 0 Å². The molecule has 80 valence electrons. The van der Waals surface area contributed by atoms with Gasteiger partial charge >= 0.3 is 0 Å². The first-order chi connectivity index (χ1) is 6.72. The van der Waals surface area contributed by atoms with Gasteiger partial charge in [0.2, 0.25) is 0 Å². The Morgan fingerprint density at radius 1 is 1.50 bits per heavy atom. The molecule has 1 unspecified atom stereocenters. The standard InChI is InChI=1S/C11H18O3/c1-3-4-5-8-14-11(13-2)7-6-10(12)9-11/h6-7H,3-5,8-9H2,1-2H3. The number of ether oxygens (including phenoxy) is 2. The lowest BCUT2D eigenvalue weighted by Gasteiger charge is -2.25. The van der Waals surface area contributed by atoms with Crippen molar-refractivity contribution in [1.82, 2.24) is 0 Å². The molecule has 1 atom stereocenters. The molecular formula is C11H18O3. The maximum atomic E-state index is 11.1. The van der Waals surface area contributed by atoms with Crippen molar-refractivity contribution in [2.24, 2.45) is 0 Å². The molecular weight excluding hydrogens is 180 g/mol. The summed E-state index contributed by atoms with van der Waals surface area (Å²) in [6.45, 7) is 2.80. The van der Waals surface area contributed by atoms with Gasteiger partial charge in [0.05, 0.1) is 13.0 Å². The smallest absolute Gasteiger partial charge is 0.195 e. The molecule has 0 spiro atoms. The number of methoxy groups -OCH3 is 1. The number of hydrogen-bond acceptors (Lipinski definition) is 3. The summed E-state index contributed by atoms with van der Waals surface area (Å²) in [4.78, 5) is 11.1. The number of ketones is 1. The molecule has 0 heterocycles. The topological polar surface area (TPSA) is 35.5 Å².